The minimum absolute atomic E-state index is 0.362. The molecule has 162 valence electrons. The predicted octanol–water partition coefficient (Wildman–Crippen LogP) is 3.48. The van der Waals surface area contributed by atoms with E-state index in [0.717, 1.165) is 54.3 Å². The monoisotopic (exact) mass is 413 g/mol. The number of β-amino-alcohol motifs (C(OH)–C–C–N with tert-alkyl or cyclic N) is 1. The number of aliphatic hydroxyl groups excluding tert-OH is 2. The van der Waals surface area contributed by atoms with Gasteiger partial charge in [-0.05, 0) is 49.6 Å². The Bertz CT molecular complexity index is 845. The lowest BCUT2D eigenvalue weighted by molar-refractivity contribution is -0.0588. The molecule has 4 rings (SSSR count). The molecule has 0 amide bonds. The Labute approximate surface area is 178 Å². The Kier molecular flexibility index (Phi) is 6.18. The molecule has 0 aliphatic carbocycles. The second-order valence-electron chi connectivity index (χ2n) is 8.23. The van der Waals surface area contributed by atoms with E-state index in [0.29, 0.717) is 19.6 Å². The molecule has 6 heteroatoms. The number of likely N-dealkylation sites (tertiary alicyclic amines) is 1. The smallest absolute Gasteiger partial charge is 0.129 e. The van der Waals surface area contributed by atoms with Crippen molar-refractivity contribution in [2.24, 2.45) is 0 Å². The van der Waals surface area contributed by atoms with E-state index in [1.54, 1.807) is 7.11 Å². The van der Waals surface area contributed by atoms with Crippen molar-refractivity contribution in [1.82, 2.24) is 4.90 Å². The third kappa shape index (κ3) is 4.41. The van der Waals surface area contributed by atoms with Gasteiger partial charge in [-0.1, -0.05) is 12.1 Å². The van der Waals surface area contributed by atoms with E-state index >= 15 is 0 Å². The zero-order valence-electron chi connectivity index (χ0n) is 17.7. The highest BCUT2D eigenvalue weighted by Crippen LogP contribution is 2.45. The lowest BCUT2D eigenvalue weighted by atomic mass is 9.81. The molecule has 2 N–H and O–H groups in total. The number of methoxy groups -OCH3 is 1. The van der Waals surface area contributed by atoms with Gasteiger partial charge >= 0.3 is 0 Å². The number of aliphatic hydroxyl groups is 2. The molecule has 1 fully saturated rings. The Morgan fingerprint density at radius 2 is 1.83 bits per heavy atom. The summed E-state index contributed by atoms with van der Waals surface area (Å²) in [6.45, 7) is 4.80. The van der Waals surface area contributed by atoms with Crippen molar-refractivity contribution < 1.29 is 24.4 Å². The second kappa shape index (κ2) is 8.84. The number of nitrogens with zero attached hydrogens (tertiary/aromatic N) is 1. The summed E-state index contributed by atoms with van der Waals surface area (Å²) in [7, 11) is 1.63. The van der Waals surface area contributed by atoms with Gasteiger partial charge in [0.1, 0.15) is 22.8 Å². The van der Waals surface area contributed by atoms with Gasteiger partial charge in [0.25, 0.3) is 0 Å². The van der Waals surface area contributed by atoms with Gasteiger partial charge in [-0.3, -0.25) is 0 Å². The van der Waals surface area contributed by atoms with Gasteiger partial charge in [0.15, 0.2) is 0 Å². The van der Waals surface area contributed by atoms with Crippen LogP contribution < -0.4 is 14.2 Å². The molecule has 2 aromatic rings. The summed E-state index contributed by atoms with van der Waals surface area (Å²) in [5, 5.41) is 21.3. The molecule has 2 aliphatic heterocycles. The molecule has 2 aliphatic rings. The summed E-state index contributed by atoms with van der Waals surface area (Å²) >= 11 is 0. The van der Waals surface area contributed by atoms with E-state index < -0.39 is 12.2 Å². The summed E-state index contributed by atoms with van der Waals surface area (Å²) in [6.07, 6.45) is 1.16. The van der Waals surface area contributed by atoms with E-state index in [1.807, 2.05) is 49.4 Å². The van der Waals surface area contributed by atoms with Gasteiger partial charge in [-0.2, -0.15) is 0 Å². The molecular weight excluding hydrogens is 382 g/mol. The highest BCUT2D eigenvalue weighted by molar-refractivity contribution is 5.44. The van der Waals surface area contributed by atoms with Crippen molar-refractivity contribution in [2.75, 3.05) is 33.4 Å². The van der Waals surface area contributed by atoms with Gasteiger partial charge in [0, 0.05) is 37.7 Å². The fourth-order valence-corrected chi connectivity index (χ4v) is 4.49. The van der Waals surface area contributed by atoms with Gasteiger partial charge in [-0.15, -0.1) is 0 Å². The Hall–Kier alpha value is -2.28. The highest BCUT2D eigenvalue weighted by Gasteiger charge is 2.43. The molecule has 0 unspecified atom stereocenters. The lowest BCUT2D eigenvalue weighted by Gasteiger charge is -2.46. The van der Waals surface area contributed by atoms with Crippen molar-refractivity contribution >= 4 is 0 Å². The zero-order chi connectivity index (χ0) is 21.1. The average Bonchev–Trinajstić information content (AvgIpc) is 2.76. The predicted molar refractivity (Wildman–Crippen MR) is 114 cm³/mol. The first-order valence-electron chi connectivity index (χ1n) is 10.7. The Morgan fingerprint density at radius 1 is 1.13 bits per heavy atom. The molecule has 2 atom stereocenters. The molecule has 1 saturated heterocycles. The minimum Gasteiger partial charge on any atom is -0.497 e. The van der Waals surface area contributed by atoms with Crippen LogP contribution in [-0.2, 0) is 0 Å². The number of hydrogen-bond donors (Lipinski definition) is 2. The molecule has 2 aromatic carbocycles. The largest absolute Gasteiger partial charge is 0.497 e. The van der Waals surface area contributed by atoms with Crippen LogP contribution in [0.1, 0.15) is 49.5 Å². The zero-order valence-corrected chi connectivity index (χ0v) is 17.7. The van der Waals surface area contributed by atoms with Gasteiger partial charge in [0.05, 0.1) is 25.9 Å². The fraction of sp³-hybridized carbons (Fsp3) is 0.500. The van der Waals surface area contributed by atoms with Crippen LogP contribution in [0.5, 0.6) is 17.2 Å². The average molecular weight is 414 g/mol. The number of piperidine rings is 1. The van der Waals surface area contributed by atoms with Crippen LogP contribution in [0, 0.1) is 0 Å². The maximum atomic E-state index is 10.7. The molecule has 6 nitrogen and oxygen atoms in total. The minimum atomic E-state index is -0.544. The maximum Gasteiger partial charge on any atom is 0.129 e. The van der Waals surface area contributed by atoms with E-state index in [4.69, 9.17) is 14.2 Å². The number of ether oxygens (including phenoxy) is 3. The standard InChI is InChI=1S/C24H31NO5/c1-3-29-18-6-4-17(5-7-18)22(27)16-25-12-10-24(11-13-25)15-21(26)20-9-8-19(28-2)14-23(20)30-24/h4-9,14,21-22,26-27H,3,10-13,15-16H2,1-2H3/t21-,22-/m0/s1. The molecule has 1 spiro atoms. The SMILES string of the molecule is CCOc1ccc([C@@H](O)CN2CCC3(CC2)C[C@H](O)c2ccc(OC)cc2O3)cc1. The van der Waals surface area contributed by atoms with Gasteiger partial charge < -0.3 is 29.3 Å². The van der Waals surface area contributed by atoms with E-state index in [-0.39, 0.29) is 5.60 Å². The van der Waals surface area contributed by atoms with Gasteiger partial charge in [0.2, 0.25) is 0 Å². The maximum absolute atomic E-state index is 10.7. The van der Waals surface area contributed by atoms with Crippen LogP contribution in [0.3, 0.4) is 0 Å². The summed E-state index contributed by atoms with van der Waals surface area (Å²) in [5.74, 6) is 2.27. The normalized spacial score (nSPS) is 21.5. The van der Waals surface area contributed by atoms with Crippen molar-refractivity contribution in [2.45, 2.75) is 44.0 Å². The molecule has 30 heavy (non-hydrogen) atoms. The third-order valence-corrected chi connectivity index (χ3v) is 6.25. The van der Waals surface area contributed by atoms with Crippen LogP contribution in [0.15, 0.2) is 42.5 Å². The fourth-order valence-electron chi connectivity index (χ4n) is 4.49. The molecule has 2 heterocycles. The van der Waals surface area contributed by atoms with Crippen LogP contribution in [-0.4, -0.2) is 54.1 Å². The van der Waals surface area contributed by atoms with Crippen LogP contribution >= 0.6 is 0 Å². The first-order chi connectivity index (χ1) is 14.5. The van der Waals surface area contributed by atoms with Gasteiger partial charge in [-0.25, -0.2) is 0 Å². The van der Waals surface area contributed by atoms with Crippen LogP contribution in [0.4, 0.5) is 0 Å². The number of hydrogen-bond acceptors (Lipinski definition) is 6. The molecule has 0 bridgehead atoms. The molecule has 0 aromatic heterocycles. The first kappa shape index (κ1) is 21.0. The van der Waals surface area contributed by atoms with Crippen LogP contribution in [0.2, 0.25) is 0 Å². The Balaban J connectivity index is 1.36. The van der Waals surface area contributed by atoms with Crippen molar-refractivity contribution in [3.05, 3.63) is 53.6 Å². The quantitative estimate of drug-likeness (QED) is 0.756. The van der Waals surface area contributed by atoms with Crippen LogP contribution in [0.25, 0.3) is 0 Å². The number of rotatable bonds is 6. The first-order valence-corrected chi connectivity index (χ1v) is 10.7. The molecule has 0 saturated carbocycles. The molecular formula is C24H31NO5. The summed E-state index contributed by atoms with van der Waals surface area (Å²) in [5.41, 5.74) is 1.36. The lowest BCUT2D eigenvalue weighted by Crippen LogP contribution is -2.51. The van der Waals surface area contributed by atoms with Crippen molar-refractivity contribution in [1.29, 1.82) is 0 Å². The number of benzene rings is 2. The number of fused-ring (bicyclic) bond motifs is 1. The Morgan fingerprint density at radius 3 is 2.50 bits per heavy atom. The highest BCUT2D eigenvalue weighted by atomic mass is 16.5. The molecule has 0 radical (unpaired) electrons. The third-order valence-electron chi connectivity index (χ3n) is 6.25. The topological polar surface area (TPSA) is 71.4 Å². The van der Waals surface area contributed by atoms with E-state index in [1.165, 1.54) is 0 Å². The summed E-state index contributed by atoms with van der Waals surface area (Å²) in [6, 6.07) is 13.2. The second-order valence-corrected chi connectivity index (χ2v) is 8.23. The van der Waals surface area contributed by atoms with E-state index in [2.05, 4.69) is 4.90 Å². The van der Waals surface area contributed by atoms with E-state index in [9.17, 15) is 10.2 Å². The summed E-state index contributed by atoms with van der Waals surface area (Å²) < 4.78 is 17.2. The van der Waals surface area contributed by atoms with Crippen molar-refractivity contribution in [3.63, 3.8) is 0 Å². The summed E-state index contributed by atoms with van der Waals surface area (Å²) in [4.78, 5) is 2.27. The van der Waals surface area contributed by atoms with Crippen molar-refractivity contribution in [3.8, 4) is 17.2 Å².